The van der Waals surface area contributed by atoms with E-state index in [1.54, 1.807) is 38.5 Å². The maximum absolute atomic E-state index is 12.1. The zero-order valence-electron chi connectivity index (χ0n) is 13.1. The van der Waals surface area contributed by atoms with E-state index in [4.69, 9.17) is 14.2 Å². The number of carbonyl (C=O) groups excluding carboxylic acids is 1. The molecule has 6 heteroatoms. The molecule has 5 nitrogen and oxygen atoms in total. The molecular weight excluding hydrogens is 421 g/mol. The number of halogens is 1. The molecule has 1 heterocycles. The van der Waals surface area contributed by atoms with Crippen molar-refractivity contribution in [3.8, 4) is 11.5 Å². The van der Waals surface area contributed by atoms with Gasteiger partial charge in [0.25, 0.3) is 0 Å². The molecule has 0 atom stereocenters. The van der Waals surface area contributed by atoms with Crippen molar-refractivity contribution in [3.05, 3.63) is 62.9 Å². The molecule has 0 N–H and O–H groups in total. The van der Waals surface area contributed by atoms with Crippen LogP contribution >= 0.6 is 22.6 Å². The third-order valence-electron chi connectivity index (χ3n) is 3.42. The van der Waals surface area contributed by atoms with Crippen LogP contribution in [-0.2, 0) is 9.53 Å². The predicted octanol–water partition coefficient (Wildman–Crippen LogP) is 3.65. The molecule has 0 saturated carbocycles. The number of benzene rings is 2. The van der Waals surface area contributed by atoms with Crippen LogP contribution in [-0.4, -0.2) is 26.1 Å². The smallest absolute Gasteiger partial charge is 0.363 e. The molecule has 122 valence electrons. The van der Waals surface area contributed by atoms with Crippen molar-refractivity contribution >= 4 is 40.5 Å². The van der Waals surface area contributed by atoms with Gasteiger partial charge in [0.2, 0.25) is 5.90 Å². The van der Waals surface area contributed by atoms with E-state index >= 15 is 0 Å². The maximum atomic E-state index is 12.1. The summed E-state index contributed by atoms with van der Waals surface area (Å²) in [6, 6.07) is 12.9. The summed E-state index contributed by atoms with van der Waals surface area (Å²) in [5.74, 6) is 1.09. The molecule has 0 amide bonds. The number of carbonyl (C=O) groups is 1. The van der Waals surface area contributed by atoms with Gasteiger partial charge in [0.15, 0.2) is 5.70 Å². The fourth-order valence-electron chi connectivity index (χ4n) is 2.25. The topological polar surface area (TPSA) is 57.1 Å². The van der Waals surface area contributed by atoms with Gasteiger partial charge in [-0.3, -0.25) is 0 Å². The lowest BCUT2D eigenvalue weighted by Gasteiger charge is -2.07. The number of cyclic esters (lactones) is 1. The molecule has 2 aromatic carbocycles. The van der Waals surface area contributed by atoms with E-state index in [1.165, 1.54) is 0 Å². The number of esters is 1. The average molecular weight is 435 g/mol. The van der Waals surface area contributed by atoms with E-state index < -0.39 is 5.97 Å². The third-order valence-corrected chi connectivity index (χ3v) is 4.09. The lowest BCUT2D eigenvalue weighted by molar-refractivity contribution is -0.129. The monoisotopic (exact) mass is 435 g/mol. The first-order chi connectivity index (χ1) is 11.6. The highest BCUT2D eigenvalue weighted by atomic mass is 127. The summed E-state index contributed by atoms with van der Waals surface area (Å²) in [5, 5.41) is 0. The highest BCUT2D eigenvalue weighted by Crippen LogP contribution is 2.28. The van der Waals surface area contributed by atoms with E-state index in [9.17, 15) is 4.79 Å². The standard InChI is InChI=1S/C18H14INO4/c1-22-14-6-7-16(23-2)12(9-14)10-15-18(21)24-17(20-15)11-4-3-5-13(19)8-11/h3-10H,1-2H3/b15-10+. The molecule has 3 rings (SSSR count). The number of hydrogen-bond acceptors (Lipinski definition) is 5. The van der Waals surface area contributed by atoms with Crippen LogP contribution < -0.4 is 9.47 Å². The molecule has 2 aromatic rings. The molecule has 0 unspecified atom stereocenters. The second-order valence-electron chi connectivity index (χ2n) is 4.95. The van der Waals surface area contributed by atoms with Gasteiger partial charge in [-0.2, -0.15) is 0 Å². The number of rotatable bonds is 4. The number of ether oxygens (including phenoxy) is 3. The Bertz CT molecular complexity index is 858. The summed E-state index contributed by atoms with van der Waals surface area (Å²) < 4.78 is 16.8. The first kappa shape index (κ1) is 16.5. The van der Waals surface area contributed by atoms with Gasteiger partial charge in [-0.05, 0) is 65.1 Å². The van der Waals surface area contributed by atoms with Crippen molar-refractivity contribution in [2.45, 2.75) is 0 Å². The van der Waals surface area contributed by atoms with Crippen LogP contribution in [0.5, 0.6) is 11.5 Å². The summed E-state index contributed by atoms with van der Waals surface area (Å²) in [6.45, 7) is 0. The van der Waals surface area contributed by atoms with Gasteiger partial charge >= 0.3 is 5.97 Å². The Balaban J connectivity index is 2.00. The van der Waals surface area contributed by atoms with Crippen LogP contribution in [0.15, 0.2) is 53.2 Å². The second-order valence-corrected chi connectivity index (χ2v) is 6.20. The Morgan fingerprint density at radius 3 is 2.67 bits per heavy atom. The molecule has 0 bridgehead atoms. The van der Waals surface area contributed by atoms with Gasteiger partial charge in [0.1, 0.15) is 11.5 Å². The lowest BCUT2D eigenvalue weighted by Crippen LogP contribution is -2.05. The fraction of sp³-hybridized carbons (Fsp3) is 0.111. The normalized spacial score (nSPS) is 15.2. The highest BCUT2D eigenvalue weighted by molar-refractivity contribution is 14.1. The fourth-order valence-corrected chi connectivity index (χ4v) is 2.80. The van der Waals surface area contributed by atoms with Crippen molar-refractivity contribution in [2.75, 3.05) is 14.2 Å². The van der Waals surface area contributed by atoms with Gasteiger partial charge in [-0.1, -0.05) is 6.07 Å². The summed E-state index contributed by atoms with van der Waals surface area (Å²) in [6.07, 6.45) is 1.63. The van der Waals surface area contributed by atoms with Gasteiger partial charge < -0.3 is 14.2 Å². The minimum atomic E-state index is -0.492. The van der Waals surface area contributed by atoms with Crippen LogP contribution in [0, 0.1) is 3.57 Å². The van der Waals surface area contributed by atoms with E-state index in [2.05, 4.69) is 27.6 Å². The zero-order valence-corrected chi connectivity index (χ0v) is 15.2. The third kappa shape index (κ3) is 3.43. The van der Waals surface area contributed by atoms with Gasteiger partial charge in [0, 0.05) is 14.7 Å². The van der Waals surface area contributed by atoms with Crippen molar-refractivity contribution < 1.29 is 19.0 Å². The van der Waals surface area contributed by atoms with Crippen molar-refractivity contribution in [2.24, 2.45) is 4.99 Å². The molecule has 0 radical (unpaired) electrons. The molecule has 0 aliphatic carbocycles. The Morgan fingerprint density at radius 1 is 1.12 bits per heavy atom. The van der Waals surface area contributed by atoms with Gasteiger partial charge in [-0.25, -0.2) is 9.79 Å². The van der Waals surface area contributed by atoms with Crippen LogP contribution in [0.1, 0.15) is 11.1 Å². The summed E-state index contributed by atoms with van der Waals surface area (Å²) >= 11 is 2.20. The van der Waals surface area contributed by atoms with Crippen molar-refractivity contribution in [1.29, 1.82) is 0 Å². The molecule has 1 aliphatic rings. The predicted molar refractivity (Wildman–Crippen MR) is 99.3 cm³/mol. The summed E-state index contributed by atoms with van der Waals surface area (Å²) in [5.41, 5.74) is 1.67. The Labute approximate surface area is 153 Å². The van der Waals surface area contributed by atoms with Crippen molar-refractivity contribution in [1.82, 2.24) is 0 Å². The van der Waals surface area contributed by atoms with Crippen LogP contribution in [0.4, 0.5) is 0 Å². The highest BCUT2D eigenvalue weighted by Gasteiger charge is 2.24. The number of nitrogens with zero attached hydrogens (tertiary/aromatic N) is 1. The Kier molecular flexibility index (Phi) is 4.84. The first-order valence-corrected chi connectivity index (χ1v) is 8.19. The largest absolute Gasteiger partial charge is 0.497 e. The molecule has 0 spiro atoms. The van der Waals surface area contributed by atoms with E-state index in [0.29, 0.717) is 23.0 Å². The SMILES string of the molecule is COc1ccc(OC)c(/C=C2/N=C(c3cccc(I)c3)OC2=O)c1. The summed E-state index contributed by atoms with van der Waals surface area (Å²) in [4.78, 5) is 16.4. The van der Waals surface area contributed by atoms with Crippen LogP contribution in [0.25, 0.3) is 6.08 Å². The van der Waals surface area contributed by atoms with Crippen LogP contribution in [0.3, 0.4) is 0 Å². The lowest BCUT2D eigenvalue weighted by atomic mass is 10.1. The minimum Gasteiger partial charge on any atom is -0.497 e. The van der Waals surface area contributed by atoms with E-state index in [0.717, 1.165) is 9.13 Å². The van der Waals surface area contributed by atoms with E-state index in [-0.39, 0.29) is 5.70 Å². The number of methoxy groups -OCH3 is 2. The molecule has 24 heavy (non-hydrogen) atoms. The Morgan fingerprint density at radius 2 is 1.96 bits per heavy atom. The number of hydrogen-bond donors (Lipinski definition) is 0. The molecule has 1 aliphatic heterocycles. The molecule has 0 saturated heterocycles. The summed E-state index contributed by atoms with van der Waals surface area (Å²) in [7, 11) is 3.15. The maximum Gasteiger partial charge on any atom is 0.363 e. The molecule has 0 fully saturated rings. The van der Waals surface area contributed by atoms with Crippen LogP contribution in [0.2, 0.25) is 0 Å². The second kappa shape index (κ2) is 7.04. The number of aliphatic imine (C=N–C) groups is 1. The first-order valence-electron chi connectivity index (χ1n) is 7.11. The van der Waals surface area contributed by atoms with Crippen molar-refractivity contribution in [3.63, 3.8) is 0 Å². The van der Waals surface area contributed by atoms with E-state index in [1.807, 2.05) is 24.3 Å². The Hall–Kier alpha value is -2.35. The van der Waals surface area contributed by atoms with Gasteiger partial charge in [0.05, 0.1) is 14.2 Å². The zero-order chi connectivity index (χ0) is 17.1. The molecular formula is C18H14INO4. The average Bonchev–Trinajstić information content (AvgIpc) is 2.95. The quantitative estimate of drug-likeness (QED) is 0.418. The molecule has 0 aromatic heterocycles. The van der Waals surface area contributed by atoms with Gasteiger partial charge in [-0.15, -0.1) is 0 Å². The minimum absolute atomic E-state index is 0.218.